The van der Waals surface area contributed by atoms with E-state index in [1.807, 2.05) is 0 Å². The van der Waals surface area contributed by atoms with E-state index >= 15 is 0 Å². The molecular weight excluding hydrogens is 330 g/mol. The summed E-state index contributed by atoms with van der Waals surface area (Å²) in [5.74, 6) is 0.670. The minimum atomic E-state index is -0.00923. The smallest absolute Gasteiger partial charge is 0.108 e. The SMILES string of the molecule is Cc1ccc2c(c1)NC(C)(C1CCC(NC3Cc4ccccc4C3)CC1)N2. The molecule has 0 saturated heterocycles. The Kier molecular flexibility index (Phi) is 4.16. The van der Waals surface area contributed by atoms with Crippen LogP contribution in [-0.4, -0.2) is 17.7 Å². The van der Waals surface area contributed by atoms with Gasteiger partial charge in [-0.05, 0) is 81.2 Å². The molecule has 3 nitrogen and oxygen atoms in total. The first-order chi connectivity index (χ1) is 13.1. The molecule has 3 aliphatic rings. The zero-order valence-electron chi connectivity index (χ0n) is 16.5. The quantitative estimate of drug-likeness (QED) is 0.730. The van der Waals surface area contributed by atoms with E-state index < -0.39 is 0 Å². The topological polar surface area (TPSA) is 36.1 Å². The van der Waals surface area contributed by atoms with Crippen molar-refractivity contribution in [2.45, 2.75) is 70.1 Å². The summed E-state index contributed by atoms with van der Waals surface area (Å²) in [7, 11) is 0. The first-order valence-corrected chi connectivity index (χ1v) is 10.6. The number of nitrogens with one attached hydrogen (secondary N) is 3. The van der Waals surface area contributed by atoms with E-state index in [1.165, 1.54) is 55.5 Å². The maximum absolute atomic E-state index is 3.97. The number of fused-ring (bicyclic) bond motifs is 2. The summed E-state index contributed by atoms with van der Waals surface area (Å²) in [6, 6.07) is 16.9. The van der Waals surface area contributed by atoms with Crippen LogP contribution in [0.4, 0.5) is 11.4 Å². The van der Waals surface area contributed by atoms with Gasteiger partial charge in [-0.3, -0.25) is 0 Å². The molecule has 142 valence electrons. The normalized spacial score (nSPS) is 29.7. The van der Waals surface area contributed by atoms with Crippen molar-refractivity contribution in [1.82, 2.24) is 5.32 Å². The van der Waals surface area contributed by atoms with Gasteiger partial charge in [-0.2, -0.15) is 0 Å². The number of aryl methyl sites for hydroxylation is 1. The zero-order valence-corrected chi connectivity index (χ0v) is 16.5. The maximum Gasteiger partial charge on any atom is 0.108 e. The number of benzene rings is 2. The lowest BCUT2D eigenvalue weighted by Gasteiger charge is -2.40. The van der Waals surface area contributed by atoms with Gasteiger partial charge in [-0.25, -0.2) is 0 Å². The van der Waals surface area contributed by atoms with Crippen LogP contribution in [0.25, 0.3) is 0 Å². The molecule has 0 aromatic heterocycles. The molecule has 3 heteroatoms. The van der Waals surface area contributed by atoms with Crippen LogP contribution in [0.3, 0.4) is 0 Å². The molecule has 1 aliphatic heterocycles. The zero-order chi connectivity index (χ0) is 18.4. The molecule has 0 bridgehead atoms. The fourth-order valence-corrected chi connectivity index (χ4v) is 5.51. The highest BCUT2D eigenvalue weighted by molar-refractivity contribution is 5.76. The second kappa shape index (κ2) is 6.56. The van der Waals surface area contributed by atoms with Gasteiger partial charge >= 0.3 is 0 Å². The summed E-state index contributed by atoms with van der Waals surface area (Å²) in [6.45, 7) is 4.50. The van der Waals surface area contributed by atoms with Crippen molar-refractivity contribution in [2.75, 3.05) is 10.6 Å². The fraction of sp³-hybridized carbons (Fsp3) is 0.500. The summed E-state index contributed by atoms with van der Waals surface area (Å²) in [5.41, 5.74) is 6.92. The number of rotatable bonds is 3. The second-order valence-corrected chi connectivity index (χ2v) is 9.09. The number of hydrogen-bond acceptors (Lipinski definition) is 3. The van der Waals surface area contributed by atoms with Crippen LogP contribution in [0.15, 0.2) is 42.5 Å². The summed E-state index contributed by atoms with van der Waals surface area (Å²) in [6.07, 6.45) is 7.52. The molecule has 0 amide bonds. The minimum absolute atomic E-state index is 0.00923. The van der Waals surface area contributed by atoms with Crippen molar-refractivity contribution in [3.05, 3.63) is 59.2 Å². The molecule has 0 radical (unpaired) electrons. The van der Waals surface area contributed by atoms with Gasteiger partial charge < -0.3 is 16.0 Å². The third-order valence-corrected chi connectivity index (χ3v) is 7.03. The lowest BCUT2D eigenvalue weighted by atomic mass is 9.78. The molecule has 27 heavy (non-hydrogen) atoms. The third-order valence-electron chi connectivity index (χ3n) is 7.03. The summed E-state index contributed by atoms with van der Waals surface area (Å²) >= 11 is 0. The van der Waals surface area contributed by atoms with Gasteiger partial charge in [0, 0.05) is 18.0 Å². The highest BCUT2D eigenvalue weighted by Crippen LogP contribution is 2.42. The number of hydrogen-bond donors (Lipinski definition) is 3. The Morgan fingerprint density at radius 3 is 2.22 bits per heavy atom. The van der Waals surface area contributed by atoms with Gasteiger partial charge in [0.15, 0.2) is 0 Å². The van der Waals surface area contributed by atoms with Crippen molar-refractivity contribution < 1.29 is 0 Å². The van der Waals surface area contributed by atoms with Crippen LogP contribution in [0.1, 0.15) is 49.3 Å². The second-order valence-electron chi connectivity index (χ2n) is 9.09. The van der Waals surface area contributed by atoms with Crippen molar-refractivity contribution in [1.29, 1.82) is 0 Å². The van der Waals surface area contributed by atoms with Crippen LogP contribution in [0, 0.1) is 12.8 Å². The third kappa shape index (κ3) is 3.23. The average Bonchev–Trinajstić information content (AvgIpc) is 3.22. The van der Waals surface area contributed by atoms with Gasteiger partial charge in [0.2, 0.25) is 0 Å². The van der Waals surface area contributed by atoms with Crippen molar-refractivity contribution in [3.8, 4) is 0 Å². The predicted octanol–water partition coefficient (Wildman–Crippen LogP) is 4.86. The maximum atomic E-state index is 3.97. The summed E-state index contributed by atoms with van der Waals surface area (Å²) < 4.78 is 0. The van der Waals surface area contributed by atoms with Crippen LogP contribution in [-0.2, 0) is 12.8 Å². The van der Waals surface area contributed by atoms with E-state index in [0.29, 0.717) is 18.0 Å². The van der Waals surface area contributed by atoms with Crippen LogP contribution >= 0.6 is 0 Å². The molecule has 2 aromatic carbocycles. The Labute approximate surface area is 162 Å². The van der Waals surface area contributed by atoms with Gasteiger partial charge in [0.25, 0.3) is 0 Å². The van der Waals surface area contributed by atoms with Crippen LogP contribution in [0.2, 0.25) is 0 Å². The minimum Gasteiger partial charge on any atom is -0.361 e. The molecule has 2 aliphatic carbocycles. The van der Waals surface area contributed by atoms with E-state index in [1.54, 1.807) is 11.1 Å². The Hall–Kier alpha value is -2.00. The highest BCUT2D eigenvalue weighted by Gasteiger charge is 2.41. The monoisotopic (exact) mass is 361 g/mol. The first-order valence-electron chi connectivity index (χ1n) is 10.6. The molecule has 1 unspecified atom stereocenters. The van der Waals surface area contributed by atoms with Crippen molar-refractivity contribution in [3.63, 3.8) is 0 Å². The van der Waals surface area contributed by atoms with Gasteiger partial charge in [0.1, 0.15) is 5.66 Å². The molecule has 3 N–H and O–H groups in total. The lowest BCUT2D eigenvalue weighted by Crippen LogP contribution is -2.50. The molecule has 1 saturated carbocycles. The van der Waals surface area contributed by atoms with E-state index in [2.05, 4.69) is 72.3 Å². The average molecular weight is 362 g/mol. The molecule has 1 heterocycles. The summed E-state index contributed by atoms with van der Waals surface area (Å²) in [4.78, 5) is 0. The van der Waals surface area contributed by atoms with E-state index in [0.717, 1.165) is 0 Å². The molecular formula is C24H31N3. The van der Waals surface area contributed by atoms with Gasteiger partial charge in [-0.1, -0.05) is 30.3 Å². The first kappa shape index (κ1) is 17.1. The standard InChI is InChI=1S/C24H31N3/c1-16-7-12-22-23(13-16)27-24(2,26-22)19-8-10-20(11-9-19)25-21-14-17-5-3-4-6-18(17)15-21/h3-7,12-13,19-21,25-27H,8-11,14-15H2,1-2H3. The molecule has 1 fully saturated rings. The molecule has 5 rings (SSSR count). The van der Waals surface area contributed by atoms with Gasteiger partial charge in [-0.15, -0.1) is 0 Å². The summed E-state index contributed by atoms with van der Waals surface area (Å²) in [5, 5.41) is 11.5. The van der Waals surface area contributed by atoms with E-state index in [-0.39, 0.29) is 5.66 Å². The Bertz CT molecular complexity index is 812. The molecule has 2 aromatic rings. The van der Waals surface area contributed by atoms with E-state index in [9.17, 15) is 0 Å². The van der Waals surface area contributed by atoms with Crippen molar-refractivity contribution in [2.24, 2.45) is 5.92 Å². The highest BCUT2D eigenvalue weighted by atomic mass is 15.3. The van der Waals surface area contributed by atoms with Crippen LogP contribution < -0.4 is 16.0 Å². The van der Waals surface area contributed by atoms with Crippen LogP contribution in [0.5, 0.6) is 0 Å². The van der Waals surface area contributed by atoms with Crippen molar-refractivity contribution >= 4 is 11.4 Å². The van der Waals surface area contributed by atoms with E-state index in [4.69, 9.17) is 0 Å². The Morgan fingerprint density at radius 1 is 0.852 bits per heavy atom. The Morgan fingerprint density at radius 2 is 1.52 bits per heavy atom. The molecule has 1 atom stereocenters. The fourth-order valence-electron chi connectivity index (χ4n) is 5.51. The molecule has 0 spiro atoms. The van der Waals surface area contributed by atoms with Gasteiger partial charge in [0.05, 0.1) is 11.4 Å². The largest absolute Gasteiger partial charge is 0.361 e. The predicted molar refractivity (Wildman–Crippen MR) is 113 cm³/mol. The number of anilines is 2. The Balaban J connectivity index is 1.17. The lowest BCUT2D eigenvalue weighted by molar-refractivity contribution is 0.223.